The molecule has 1 aromatic heterocycles. The maximum atomic E-state index is 6.63. The molecule has 2 aromatic rings. The second kappa shape index (κ2) is 10.3. The van der Waals surface area contributed by atoms with Gasteiger partial charge < -0.3 is 24.5 Å². The van der Waals surface area contributed by atoms with Crippen molar-refractivity contribution in [3.63, 3.8) is 0 Å². The number of nitrogens with one attached hydrogen (secondary N) is 1. The number of hydrogen-bond acceptors (Lipinski definition) is 6. The molecule has 9 heteroatoms. The summed E-state index contributed by atoms with van der Waals surface area (Å²) in [5, 5.41) is 8.37. The van der Waals surface area contributed by atoms with E-state index in [1.165, 1.54) is 5.69 Å². The quantitative estimate of drug-likeness (QED) is 0.557. The molecule has 0 amide bonds. The standard InChI is InChI=1S/C22H32ClN7O/c1-24-22(30-13-9-28(10-14-30)17-18-6-15-31-26-18)25-16-19-20(23)4-3-5-21(19)29-11-7-27(2)8-12-29/h3-6,15H,7-14,16-17H2,1-2H3,(H,24,25). The van der Waals surface area contributed by atoms with Gasteiger partial charge in [0.15, 0.2) is 5.96 Å². The fourth-order valence-corrected chi connectivity index (χ4v) is 4.47. The van der Waals surface area contributed by atoms with Gasteiger partial charge in [0.05, 0.1) is 5.69 Å². The van der Waals surface area contributed by atoms with Gasteiger partial charge in [0.25, 0.3) is 0 Å². The van der Waals surface area contributed by atoms with Crippen molar-refractivity contribution in [3.8, 4) is 0 Å². The van der Waals surface area contributed by atoms with Crippen LogP contribution in [0.4, 0.5) is 5.69 Å². The van der Waals surface area contributed by atoms with Crippen molar-refractivity contribution in [2.24, 2.45) is 4.99 Å². The van der Waals surface area contributed by atoms with Gasteiger partial charge in [-0.1, -0.05) is 22.8 Å². The van der Waals surface area contributed by atoms with Crippen LogP contribution in [0.15, 0.2) is 40.0 Å². The van der Waals surface area contributed by atoms with E-state index in [4.69, 9.17) is 16.1 Å². The van der Waals surface area contributed by atoms with Crippen LogP contribution in [0.25, 0.3) is 0 Å². The molecule has 1 aromatic carbocycles. The molecule has 0 spiro atoms. The summed E-state index contributed by atoms with van der Waals surface area (Å²) in [5.74, 6) is 0.922. The molecule has 8 nitrogen and oxygen atoms in total. The fourth-order valence-electron chi connectivity index (χ4n) is 4.23. The molecule has 2 saturated heterocycles. The highest BCUT2D eigenvalue weighted by atomic mass is 35.5. The Labute approximate surface area is 189 Å². The van der Waals surface area contributed by atoms with Gasteiger partial charge in [-0.05, 0) is 19.2 Å². The van der Waals surface area contributed by atoms with Gasteiger partial charge in [0.2, 0.25) is 0 Å². The summed E-state index contributed by atoms with van der Waals surface area (Å²) < 4.78 is 4.94. The van der Waals surface area contributed by atoms with Crippen LogP contribution in [0, 0.1) is 0 Å². The third kappa shape index (κ3) is 5.50. The molecular formula is C22H32ClN7O. The van der Waals surface area contributed by atoms with E-state index in [0.717, 1.165) is 81.1 Å². The molecule has 2 aliphatic rings. The van der Waals surface area contributed by atoms with E-state index in [0.29, 0.717) is 6.54 Å². The second-order valence-electron chi connectivity index (χ2n) is 8.18. The summed E-state index contributed by atoms with van der Waals surface area (Å²) in [7, 11) is 4.02. The molecule has 0 atom stereocenters. The van der Waals surface area contributed by atoms with E-state index >= 15 is 0 Å². The van der Waals surface area contributed by atoms with Gasteiger partial charge in [0.1, 0.15) is 6.26 Å². The Bertz CT molecular complexity index is 857. The van der Waals surface area contributed by atoms with Crippen molar-refractivity contribution in [2.75, 3.05) is 71.4 Å². The molecule has 4 rings (SSSR count). The normalized spacial score (nSPS) is 19.1. The van der Waals surface area contributed by atoms with Crippen LogP contribution >= 0.6 is 11.6 Å². The number of likely N-dealkylation sites (N-methyl/N-ethyl adjacent to an activating group) is 1. The average molecular weight is 446 g/mol. The molecule has 3 heterocycles. The van der Waals surface area contributed by atoms with E-state index in [2.05, 4.69) is 48.2 Å². The maximum absolute atomic E-state index is 6.63. The number of piperazine rings is 2. The lowest BCUT2D eigenvalue weighted by atomic mass is 10.1. The smallest absolute Gasteiger partial charge is 0.194 e. The van der Waals surface area contributed by atoms with E-state index in [9.17, 15) is 0 Å². The Morgan fingerprint density at radius 3 is 2.55 bits per heavy atom. The van der Waals surface area contributed by atoms with Gasteiger partial charge >= 0.3 is 0 Å². The number of halogens is 1. The Morgan fingerprint density at radius 2 is 1.87 bits per heavy atom. The molecule has 1 N–H and O–H groups in total. The minimum atomic E-state index is 0.660. The lowest BCUT2D eigenvalue weighted by Gasteiger charge is -2.37. The zero-order chi connectivity index (χ0) is 21.6. The average Bonchev–Trinajstić information content (AvgIpc) is 3.30. The van der Waals surface area contributed by atoms with Crippen molar-refractivity contribution in [1.29, 1.82) is 0 Å². The molecule has 0 unspecified atom stereocenters. The van der Waals surface area contributed by atoms with Gasteiger partial charge in [-0.3, -0.25) is 9.89 Å². The van der Waals surface area contributed by atoms with E-state index in [-0.39, 0.29) is 0 Å². The van der Waals surface area contributed by atoms with Crippen LogP contribution in [0.3, 0.4) is 0 Å². The van der Waals surface area contributed by atoms with Crippen molar-refractivity contribution in [3.05, 3.63) is 46.8 Å². The van der Waals surface area contributed by atoms with Crippen molar-refractivity contribution >= 4 is 23.2 Å². The van der Waals surface area contributed by atoms with Crippen LogP contribution in [-0.2, 0) is 13.1 Å². The highest BCUT2D eigenvalue weighted by molar-refractivity contribution is 6.31. The third-order valence-corrected chi connectivity index (χ3v) is 6.48. The second-order valence-corrected chi connectivity index (χ2v) is 8.59. The number of aliphatic imine (C=N–C) groups is 1. The van der Waals surface area contributed by atoms with E-state index in [1.54, 1.807) is 6.26 Å². The molecule has 2 aliphatic heterocycles. The number of guanidine groups is 1. The molecule has 0 aliphatic carbocycles. The summed E-state index contributed by atoms with van der Waals surface area (Å²) in [6, 6.07) is 8.13. The van der Waals surface area contributed by atoms with E-state index in [1.807, 2.05) is 25.2 Å². The summed E-state index contributed by atoms with van der Waals surface area (Å²) in [6.07, 6.45) is 1.63. The van der Waals surface area contributed by atoms with E-state index < -0.39 is 0 Å². The Balaban J connectivity index is 1.35. The SMILES string of the molecule is CN=C(NCc1c(Cl)cccc1N1CCN(C)CC1)N1CCN(Cc2ccon2)CC1. The number of benzene rings is 1. The van der Waals surface area contributed by atoms with Crippen molar-refractivity contribution < 1.29 is 4.52 Å². The zero-order valence-electron chi connectivity index (χ0n) is 18.4. The highest BCUT2D eigenvalue weighted by Crippen LogP contribution is 2.28. The molecular weight excluding hydrogens is 414 g/mol. The largest absolute Gasteiger partial charge is 0.369 e. The van der Waals surface area contributed by atoms with Crippen LogP contribution in [0.1, 0.15) is 11.3 Å². The first-order valence-electron chi connectivity index (χ1n) is 10.9. The molecule has 168 valence electrons. The Kier molecular flexibility index (Phi) is 7.32. The minimum absolute atomic E-state index is 0.660. The molecule has 2 fully saturated rings. The van der Waals surface area contributed by atoms with Crippen LogP contribution in [-0.4, -0.2) is 92.3 Å². The summed E-state index contributed by atoms with van der Waals surface area (Å²) in [4.78, 5) is 14.0. The topological polar surface area (TPSA) is 63.4 Å². The Morgan fingerprint density at radius 1 is 1.10 bits per heavy atom. The first kappa shape index (κ1) is 21.9. The molecule has 0 saturated carbocycles. The summed E-state index contributed by atoms with van der Waals surface area (Å²) in [6.45, 7) is 9.43. The van der Waals surface area contributed by atoms with Gasteiger partial charge in [-0.2, -0.15) is 0 Å². The van der Waals surface area contributed by atoms with Crippen LogP contribution in [0.2, 0.25) is 5.02 Å². The molecule has 31 heavy (non-hydrogen) atoms. The van der Waals surface area contributed by atoms with Crippen LogP contribution in [0.5, 0.6) is 0 Å². The number of rotatable bonds is 5. The van der Waals surface area contributed by atoms with Crippen molar-refractivity contribution in [2.45, 2.75) is 13.1 Å². The maximum Gasteiger partial charge on any atom is 0.194 e. The predicted octanol–water partition coefficient (Wildman–Crippen LogP) is 1.97. The van der Waals surface area contributed by atoms with Gasteiger partial charge in [-0.25, -0.2) is 0 Å². The van der Waals surface area contributed by atoms with Gasteiger partial charge in [-0.15, -0.1) is 0 Å². The third-order valence-electron chi connectivity index (χ3n) is 6.12. The number of aromatic nitrogens is 1. The highest BCUT2D eigenvalue weighted by Gasteiger charge is 2.22. The fraction of sp³-hybridized carbons (Fsp3) is 0.545. The number of anilines is 1. The number of nitrogens with zero attached hydrogens (tertiary/aromatic N) is 6. The van der Waals surface area contributed by atoms with Gasteiger partial charge in [0, 0.05) is 94.8 Å². The predicted molar refractivity (Wildman–Crippen MR) is 125 cm³/mol. The Hall–Kier alpha value is -2.29. The monoisotopic (exact) mass is 445 g/mol. The lowest BCUT2D eigenvalue weighted by Crippen LogP contribution is -2.52. The number of hydrogen-bond donors (Lipinski definition) is 1. The lowest BCUT2D eigenvalue weighted by molar-refractivity contribution is 0.169. The molecule has 0 bridgehead atoms. The minimum Gasteiger partial charge on any atom is -0.369 e. The first-order valence-corrected chi connectivity index (χ1v) is 11.3. The van der Waals surface area contributed by atoms with Crippen LogP contribution < -0.4 is 10.2 Å². The summed E-state index contributed by atoms with van der Waals surface area (Å²) in [5.41, 5.74) is 3.34. The molecule has 0 radical (unpaired) electrons. The first-order chi connectivity index (χ1) is 15.1. The zero-order valence-corrected chi connectivity index (χ0v) is 19.2. The van der Waals surface area contributed by atoms with Crippen molar-refractivity contribution in [1.82, 2.24) is 25.2 Å². The summed E-state index contributed by atoms with van der Waals surface area (Å²) >= 11 is 6.63.